The Morgan fingerprint density at radius 3 is 2.70 bits per heavy atom. The number of nitrogens with zero attached hydrogens (tertiary/aromatic N) is 1. The zero-order valence-corrected chi connectivity index (χ0v) is 11.5. The molecule has 8 nitrogen and oxygen atoms in total. The molecule has 20 heavy (non-hydrogen) atoms. The van der Waals surface area contributed by atoms with Gasteiger partial charge in [0.15, 0.2) is 0 Å². The summed E-state index contributed by atoms with van der Waals surface area (Å²) in [5.41, 5.74) is 1.60. The molecule has 0 spiro atoms. The number of anilines is 2. The lowest BCUT2D eigenvalue weighted by molar-refractivity contribution is -0.383. The second kappa shape index (κ2) is 7.04. The number of ether oxygens (including phenoxy) is 1. The lowest BCUT2D eigenvalue weighted by atomic mass is 10.0. The third-order valence-corrected chi connectivity index (χ3v) is 2.88. The van der Waals surface area contributed by atoms with Crippen molar-refractivity contribution in [1.82, 2.24) is 0 Å². The van der Waals surface area contributed by atoms with Crippen molar-refractivity contribution in [3.63, 3.8) is 0 Å². The van der Waals surface area contributed by atoms with E-state index >= 15 is 0 Å². The summed E-state index contributed by atoms with van der Waals surface area (Å²) in [6.45, 7) is 2.20. The molecule has 0 aromatic heterocycles. The van der Waals surface area contributed by atoms with Crippen LogP contribution in [0.4, 0.5) is 17.1 Å². The van der Waals surface area contributed by atoms with E-state index in [4.69, 9.17) is 10.6 Å². The Hall–Kier alpha value is -1.90. The fourth-order valence-corrected chi connectivity index (χ4v) is 1.70. The van der Waals surface area contributed by atoms with E-state index in [-0.39, 0.29) is 17.9 Å². The molecule has 1 unspecified atom stereocenters. The second-order valence-corrected chi connectivity index (χ2v) is 4.70. The Labute approximate surface area is 117 Å². The van der Waals surface area contributed by atoms with Crippen LogP contribution >= 0.6 is 0 Å². The summed E-state index contributed by atoms with van der Waals surface area (Å²) in [5.74, 6) is 5.26. The third-order valence-electron chi connectivity index (χ3n) is 2.88. The van der Waals surface area contributed by atoms with Gasteiger partial charge in [0, 0.05) is 26.7 Å². The Kier molecular flexibility index (Phi) is 5.68. The number of hydrazine groups is 1. The Balaban J connectivity index is 2.85. The van der Waals surface area contributed by atoms with Gasteiger partial charge in [-0.1, -0.05) is 6.07 Å². The van der Waals surface area contributed by atoms with Crippen molar-refractivity contribution in [3.8, 4) is 0 Å². The minimum Gasteiger partial charge on any atom is -0.388 e. The molecule has 1 rings (SSSR count). The average Bonchev–Trinajstić information content (AvgIpc) is 2.42. The van der Waals surface area contributed by atoms with Gasteiger partial charge in [0.25, 0.3) is 0 Å². The number of nitro benzene ring substituents is 1. The molecule has 1 aromatic rings. The van der Waals surface area contributed by atoms with E-state index in [9.17, 15) is 15.2 Å². The highest BCUT2D eigenvalue weighted by Crippen LogP contribution is 2.32. The van der Waals surface area contributed by atoms with Crippen LogP contribution in [0.25, 0.3) is 0 Å². The molecule has 1 aromatic carbocycles. The summed E-state index contributed by atoms with van der Waals surface area (Å²) >= 11 is 0. The summed E-state index contributed by atoms with van der Waals surface area (Å²) in [6, 6.07) is 4.70. The number of nitrogen functional groups attached to an aromatic ring is 1. The number of rotatable bonds is 8. The minimum absolute atomic E-state index is 0.155. The molecule has 0 radical (unpaired) electrons. The molecular formula is C12H20N4O4. The lowest BCUT2D eigenvalue weighted by Gasteiger charge is -2.24. The van der Waals surface area contributed by atoms with Crippen LogP contribution in [-0.4, -0.2) is 35.9 Å². The number of methoxy groups -OCH3 is 1. The van der Waals surface area contributed by atoms with Crippen molar-refractivity contribution >= 4 is 17.1 Å². The van der Waals surface area contributed by atoms with Gasteiger partial charge in [-0.2, -0.15) is 0 Å². The molecular weight excluding hydrogens is 264 g/mol. The highest BCUT2D eigenvalue weighted by molar-refractivity contribution is 5.75. The standard InChI is InChI=1S/C12H20N4O4/c1-12(17,6-7-20-2)8-14-9-4-3-5-10(15-13)11(9)16(18)19/h3-5,14-15,17H,6-8,13H2,1-2H3. The maximum atomic E-state index is 11.1. The zero-order valence-electron chi connectivity index (χ0n) is 11.5. The molecule has 0 saturated carbocycles. The number of aliphatic hydroxyl groups is 1. The molecule has 0 aliphatic rings. The molecule has 0 aliphatic carbocycles. The molecule has 0 bridgehead atoms. The largest absolute Gasteiger partial charge is 0.388 e. The van der Waals surface area contributed by atoms with Crippen molar-refractivity contribution < 1.29 is 14.8 Å². The first-order chi connectivity index (χ1) is 9.41. The zero-order chi connectivity index (χ0) is 15.2. The van der Waals surface area contributed by atoms with Crippen LogP contribution in [0, 0.1) is 10.1 Å². The fraction of sp³-hybridized carbons (Fsp3) is 0.500. The van der Waals surface area contributed by atoms with Crippen molar-refractivity contribution in [2.45, 2.75) is 18.9 Å². The van der Waals surface area contributed by atoms with Crippen LogP contribution in [-0.2, 0) is 4.74 Å². The van der Waals surface area contributed by atoms with Crippen LogP contribution in [0.15, 0.2) is 18.2 Å². The van der Waals surface area contributed by atoms with E-state index in [0.717, 1.165) is 0 Å². The lowest BCUT2D eigenvalue weighted by Crippen LogP contribution is -2.34. The van der Waals surface area contributed by atoms with E-state index < -0.39 is 10.5 Å². The summed E-state index contributed by atoms with van der Waals surface area (Å²) < 4.78 is 4.91. The van der Waals surface area contributed by atoms with Gasteiger partial charge in [0.1, 0.15) is 11.4 Å². The SMILES string of the molecule is COCCC(C)(O)CNc1cccc(NN)c1[N+](=O)[O-]. The molecule has 0 saturated heterocycles. The molecule has 112 valence electrons. The number of hydrogen-bond acceptors (Lipinski definition) is 7. The van der Waals surface area contributed by atoms with Gasteiger partial charge < -0.3 is 20.6 Å². The van der Waals surface area contributed by atoms with E-state index in [1.54, 1.807) is 26.2 Å². The minimum atomic E-state index is -1.03. The van der Waals surface area contributed by atoms with Gasteiger partial charge in [-0.05, 0) is 19.1 Å². The number of nitrogens with one attached hydrogen (secondary N) is 2. The molecule has 1 atom stereocenters. The average molecular weight is 284 g/mol. The van der Waals surface area contributed by atoms with E-state index in [2.05, 4.69) is 10.7 Å². The van der Waals surface area contributed by atoms with Crippen molar-refractivity contribution in [3.05, 3.63) is 28.3 Å². The van der Waals surface area contributed by atoms with Gasteiger partial charge in [-0.15, -0.1) is 0 Å². The first-order valence-corrected chi connectivity index (χ1v) is 6.10. The predicted octanol–water partition coefficient (Wildman–Crippen LogP) is 1.08. The third kappa shape index (κ3) is 4.34. The highest BCUT2D eigenvalue weighted by atomic mass is 16.6. The Morgan fingerprint density at radius 1 is 1.50 bits per heavy atom. The van der Waals surface area contributed by atoms with Gasteiger partial charge in [0.05, 0.1) is 10.5 Å². The highest BCUT2D eigenvalue weighted by Gasteiger charge is 2.23. The number of benzene rings is 1. The molecule has 8 heteroatoms. The normalized spacial score (nSPS) is 13.6. The number of para-hydroxylation sites is 1. The van der Waals surface area contributed by atoms with E-state index in [0.29, 0.717) is 18.7 Å². The Bertz CT molecular complexity index is 465. The van der Waals surface area contributed by atoms with E-state index in [1.165, 1.54) is 6.07 Å². The second-order valence-electron chi connectivity index (χ2n) is 4.70. The predicted molar refractivity (Wildman–Crippen MR) is 76.5 cm³/mol. The van der Waals surface area contributed by atoms with Gasteiger partial charge >= 0.3 is 5.69 Å². The first kappa shape index (κ1) is 16.2. The number of nitro groups is 1. The summed E-state index contributed by atoms with van der Waals surface area (Å²) in [7, 11) is 1.55. The number of nitrogens with two attached hydrogens (primary N) is 1. The Morgan fingerprint density at radius 2 is 2.15 bits per heavy atom. The monoisotopic (exact) mass is 284 g/mol. The summed E-state index contributed by atoms with van der Waals surface area (Å²) in [5, 5.41) is 24.1. The maximum Gasteiger partial charge on any atom is 0.316 e. The van der Waals surface area contributed by atoms with Gasteiger partial charge in [-0.25, -0.2) is 0 Å². The van der Waals surface area contributed by atoms with Crippen molar-refractivity contribution in [2.75, 3.05) is 31.0 Å². The number of hydrogen-bond donors (Lipinski definition) is 4. The fourth-order valence-electron chi connectivity index (χ4n) is 1.70. The van der Waals surface area contributed by atoms with Gasteiger partial charge in [-0.3, -0.25) is 16.0 Å². The van der Waals surface area contributed by atoms with Crippen LogP contribution in [0.1, 0.15) is 13.3 Å². The molecule has 0 aliphatic heterocycles. The van der Waals surface area contributed by atoms with Crippen LogP contribution in [0.3, 0.4) is 0 Å². The molecule has 5 N–H and O–H groups in total. The summed E-state index contributed by atoms with van der Waals surface area (Å²) in [6.07, 6.45) is 0.416. The first-order valence-electron chi connectivity index (χ1n) is 6.10. The molecule has 0 amide bonds. The quantitative estimate of drug-likeness (QED) is 0.320. The maximum absolute atomic E-state index is 11.1. The van der Waals surface area contributed by atoms with E-state index in [1.807, 2.05) is 0 Å². The van der Waals surface area contributed by atoms with Crippen LogP contribution in [0.5, 0.6) is 0 Å². The van der Waals surface area contributed by atoms with Crippen LogP contribution in [0.2, 0.25) is 0 Å². The van der Waals surface area contributed by atoms with Crippen molar-refractivity contribution in [2.24, 2.45) is 5.84 Å². The molecule has 0 heterocycles. The van der Waals surface area contributed by atoms with Crippen molar-refractivity contribution in [1.29, 1.82) is 0 Å². The van der Waals surface area contributed by atoms with Crippen LogP contribution < -0.4 is 16.6 Å². The van der Waals surface area contributed by atoms with Gasteiger partial charge in [0.2, 0.25) is 0 Å². The smallest absolute Gasteiger partial charge is 0.316 e. The molecule has 0 fully saturated rings. The summed E-state index contributed by atoms with van der Waals surface area (Å²) in [4.78, 5) is 10.6. The topological polar surface area (TPSA) is 123 Å².